The predicted molar refractivity (Wildman–Crippen MR) is 225 cm³/mol. The third kappa shape index (κ3) is 4.04. The maximum atomic E-state index is 6.55. The van der Waals surface area contributed by atoms with Gasteiger partial charge in [-0.2, -0.15) is 0 Å². The van der Waals surface area contributed by atoms with Gasteiger partial charge in [-0.3, -0.25) is 0 Å². The third-order valence-corrected chi connectivity index (χ3v) is 12.4. The molecule has 10 aromatic carbocycles. The van der Waals surface area contributed by atoms with Gasteiger partial charge in [0.25, 0.3) is 0 Å². The molecule has 0 aliphatic carbocycles. The van der Waals surface area contributed by atoms with Crippen LogP contribution in [0.1, 0.15) is 0 Å². The van der Waals surface area contributed by atoms with Gasteiger partial charge in [0.15, 0.2) is 0 Å². The molecule has 0 radical (unpaired) electrons. The van der Waals surface area contributed by atoms with Gasteiger partial charge in [-0.25, -0.2) is 0 Å². The van der Waals surface area contributed by atoms with Crippen LogP contribution < -0.4 is 0 Å². The van der Waals surface area contributed by atoms with Gasteiger partial charge >= 0.3 is 0 Å². The minimum absolute atomic E-state index is 0.928. The van der Waals surface area contributed by atoms with E-state index in [4.69, 9.17) is 4.42 Å². The average Bonchev–Trinajstić information content (AvgIpc) is 3.77. The fraction of sp³-hybridized carbons (Fsp3) is 0. The summed E-state index contributed by atoms with van der Waals surface area (Å²) in [4.78, 5) is 0. The lowest BCUT2D eigenvalue weighted by Crippen LogP contribution is -1.85. The standard InChI is InChI=1S/C50H28OS/c1-2-9-31-23-32(14-13-29(31)7-1)34-17-21-48-43(25-34)44-26-35(18-22-49(44)52-48)33-15-19-39-40(24-33)37-11-5-6-12-38(37)41-27-45-47(28-42(39)41)51-46-20-16-30-8-3-4-10-36(30)50(45)46/h1-28H. The summed E-state index contributed by atoms with van der Waals surface area (Å²) in [7, 11) is 0. The smallest absolute Gasteiger partial charge is 0.136 e. The van der Waals surface area contributed by atoms with E-state index in [9.17, 15) is 0 Å². The molecular weight excluding hydrogens is 649 g/mol. The van der Waals surface area contributed by atoms with Gasteiger partial charge in [0.2, 0.25) is 0 Å². The maximum absolute atomic E-state index is 6.55. The molecule has 0 saturated carbocycles. The quantitative estimate of drug-likeness (QED) is 0.166. The van der Waals surface area contributed by atoms with Crippen molar-refractivity contribution in [1.82, 2.24) is 0 Å². The molecule has 0 amide bonds. The lowest BCUT2D eigenvalue weighted by Gasteiger charge is -2.12. The van der Waals surface area contributed by atoms with Crippen molar-refractivity contribution in [1.29, 1.82) is 0 Å². The Labute approximate surface area is 302 Å². The largest absolute Gasteiger partial charge is 0.456 e. The van der Waals surface area contributed by atoms with Gasteiger partial charge in [0.1, 0.15) is 11.2 Å². The lowest BCUT2D eigenvalue weighted by molar-refractivity contribution is 0.670. The van der Waals surface area contributed by atoms with Crippen LogP contribution in [0.15, 0.2) is 174 Å². The van der Waals surface area contributed by atoms with Crippen LogP contribution >= 0.6 is 11.3 Å². The zero-order chi connectivity index (χ0) is 33.9. The lowest BCUT2D eigenvalue weighted by atomic mass is 9.91. The van der Waals surface area contributed by atoms with Crippen LogP contribution in [0, 0.1) is 0 Å². The molecule has 12 rings (SSSR count). The number of hydrogen-bond donors (Lipinski definition) is 0. The summed E-state index contributed by atoms with van der Waals surface area (Å²) in [6.07, 6.45) is 0. The first-order chi connectivity index (χ1) is 25.7. The first kappa shape index (κ1) is 28.2. The van der Waals surface area contributed by atoms with Crippen molar-refractivity contribution in [2.24, 2.45) is 0 Å². The molecule has 0 saturated heterocycles. The summed E-state index contributed by atoms with van der Waals surface area (Å²) in [6, 6.07) is 62.7. The van der Waals surface area contributed by atoms with Crippen molar-refractivity contribution < 1.29 is 4.42 Å². The van der Waals surface area contributed by atoms with Crippen LogP contribution in [0.4, 0.5) is 0 Å². The van der Waals surface area contributed by atoms with Crippen molar-refractivity contribution in [2.75, 3.05) is 0 Å². The highest BCUT2D eigenvalue weighted by molar-refractivity contribution is 7.25. The van der Waals surface area contributed by atoms with E-state index in [2.05, 4.69) is 170 Å². The number of rotatable bonds is 2. The van der Waals surface area contributed by atoms with Crippen molar-refractivity contribution in [3.63, 3.8) is 0 Å². The Morgan fingerprint density at radius 1 is 0.288 bits per heavy atom. The molecule has 2 heteroatoms. The minimum Gasteiger partial charge on any atom is -0.456 e. The second-order valence-electron chi connectivity index (χ2n) is 14.0. The molecule has 0 aliphatic rings. The predicted octanol–water partition coefficient (Wildman–Crippen LogP) is 15.1. The maximum Gasteiger partial charge on any atom is 0.136 e. The van der Waals surface area contributed by atoms with Crippen molar-refractivity contribution in [3.8, 4) is 22.3 Å². The molecule has 52 heavy (non-hydrogen) atoms. The summed E-state index contributed by atoms with van der Waals surface area (Å²) < 4.78 is 9.18. The first-order valence-corrected chi connectivity index (χ1v) is 18.6. The Balaban J connectivity index is 1.05. The zero-order valence-electron chi connectivity index (χ0n) is 28.0. The van der Waals surface area contributed by atoms with Gasteiger partial charge < -0.3 is 4.42 Å². The molecule has 0 N–H and O–H groups in total. The van der Waals surface area contributed by atoms with E-state index in [1.807, 2.05) is 11.3 Å². The molecule has 0 unspecified atom stereocenters. The van der Waals surface area contributed by atoms with E-state index in [-0.39, 0.29) is 0 Å². The monoisotopic (exact) mass is 676 g/mol. The fourth-order valence-corrected chi connectivity index (χ4v) is 9.74. The molecule has 240 valence electrons. The molecule has 2 heterocycles. The van der Waals surface area contributed by atoms with Gasteiger partial charge in [-0.15, -0.1) is 11.3 Å². The number of thiophene rings is 1. The molecule has 0 atom stereocenters. The second kappa shape index (κ2) is 10.5. The van der Waals surface area contributed by atoms with Crippen molar-refractivity contribution >= 4 is 107 Å². The van der Waals surface area contributed by atoms with Crippen LogP contribution in [0.25, 0.3) is 118 Å². The molecule has 0 aliphatic heterocycles. The number of furan rings is 1. The van der Waals surface area contributed by atoms with E-state index >= 15 is 0 Å². The van der Waals surface area contributed by atoms with E-state index < -0.39 is 0 Å². The van der Waals surface area contributed by atoms with Crippen LogP contribution in [-0.4, -0.2) is 0 Å². The SMILES string of the molecule is c1ccc2cc(-c3ccc4sc5ccc(-c6ccc7c(c6)c6ccccc6c6cc8c(cc76)oc6ccc7ccccc7c68)cc5c4c3)ccc2c1. The fourth-order valence-electron chi connectivity index (χ4n) is 8.68. The Morgan fingerprint density at radius 2 is 0.808 bits per heavy atom. The minimum atomic E-state index is 0.928. The van der Waals surface area contributed by atoms with E-state index in [1.54, 1.807) is 0 Å². The first-order valence-electron chi connectivity index (χ1n) is 17.8. The summed E-state index contributed by atoms with van der Waals surface area (Å²) in [5.41, 5.74) is 6.81. The normalized spacial score (nSPS) is 12.2. The summed E-state index contributed by atoms with van der Waals surface area (Å²) >= 11 is 1.87. The van der Waals surface area contributed by atoms with E-state index in [0.29, 0.717) is 0 Å². The summed E-state index contributed by atoms with van der Waals surface area (Å²) in [6.45, 7) is 0. The molecule has 0 bridgehead atoms. The molecule has 2 aromatic heterocycles. The van der Waals surface area contributed by atoms with Crippen LogP contribution in [0.5, 0.6) is 0 Å². The Kier molecular flexibility index (Phi) is 5.71. The molecular formula is C50H28OS. The number of fused-ring (bicyclic) bond motifs is 15. The van der Waals surface area contributed by atoms with Crippen LogP contribution in [0.3, 0.4) is 0 Å². The van der Waals surface area contributed by atoms with E-state index in [0.717, 1.165) is 11.2 Å². The molecule has 0 fully saturated rings. The highest BCUT2D eigenvalue weighted by atomic mass is 32.1. The van der Waals surface area contributed by atoms with Gasteiger partial charge in [0, 0.05) is 30.9 Å². The van der Waals surface area contributed by atoms with Gasteiger partial charge in [0.05, 0.1) is 0 Å². The highest BCUT2D eigenvalue weighted by Crippen LogP contribution is 2.44. The number of benzene rings is 10. The van der Waals surface area contributed by atoms with Crippen molar-refractivity contribution in [2.45, 2.75) is 0 Å². The van der Waals surface area contributed by atoms with E-state index in [1.165, 1.54) is 107 Å². The molecule has 12 aromatic rings. The second-order valence-corrected chi connectivity index (χ2v) is 15.1. The average molecular weight is 677 g/mol. The summed E-state index contributed by atoms with van der Waals surface area (Å²) in [5, 5.41) is 17.5. The molecule has 0 spiro atoms. The highest BCUT2D eigenvalue weighted by Gasteiger charge is 2.16. The van der Waals surface area contributed by atoms with Gasteiger partial charge in [-0.1, -0.05) is 115 Å². The van der Waals surface area contributed by atoms with Crippen LogP contribution in [0.2, 0.25) is 0 Å². The van der Waals surface area contributed by atoms with Crippen molar-refractivity contribution in [3.05, 3.63) is 170 Å². The number of hydrogen-bond acceptors (Lipinski definition) is 2. The Hall–Kier alpha value is -6.48. The third-order valence-electron chi connectivity index (χ3n) is 11.2. The topological polar surface area (TPSA) is 13.1 Å². The Morgan fingerprint density at radius 3 is 1.56 bits per heavy atom. The molecule has 1 nitrogen and oxygen atoms in total. The zero-order valence-corrected chi connectivity index (χ0v) is 28.8. The van der Waals surface area contributed by atoms with Crippen LogP contribution in [-0.2, 0) is 0 Å². The summed E-state index contributed by atoms with van der Waals surface area (Å²) in [5.74, 6) is 0. The Bertz CT molecular complexity index is 3470. The van der Waals surface area contributed by atoms with Gasteiger partial charge in [-0.05, 0) is 131 Å².